The van der Waals surface area contributed by atoms with E-state index in [-0.39, 0.29) is 24.8 Å². The summed E-state index contributed by atoms with van der Waals surface area (Å²) in [5.41, 5.74) is 4.24. The molecule has 2 aliphatic rings. The third-order valence-electron chi connectivity index (χ3n) is 4.45. The molecule has 21 heavy (non-hydrogen) atoms. The molecule has 114 valence electrons. The number of rotatable bonds is 1. The minimum Gasteiger partial charge on any atom is -1.00 e. The molecule has 0 spiro atoms. The van der Waals surface area contributed by atoms with Crippen LogP contribution < -0.4 is 24.8 Å². The molecule has 0 amide bonds. The van der Waals surface area contributed by atoms with Gasteiger partial charge < -0.3 is 34.3 Å². The Morgan fingerprint density at radius 3 is 2.38 bits per heavy atom. The first-order valence-electron chi connectivity index (χ1n) is 7.04. The minimum absolute atomic E-state index is 0. The normalized spacial score (nSPS) is 21.1. The quantitative estimate of drug-likeness (QED) is 0.532. The van der Waals surface area contributed by atoms with Crippen LogP contribution in [0.15, 0.2) is 42.6 Å². The van der Waals surface area contributed by atoms with Crippen LogP contribution in [0.2, 0.25) is 0 Å². The molecule has 1 unspecified atom stereocenters. The maximum Gasteiger partial charge on any atom is 0.0781 e. The first-order valence-corrected chi connectivity index (χ1v) is 7.04. The highest BCUT2D eigenvalue weighted by molar-refractivity contribution is 5.53. The second kappa shape index (κ2) is 6.41. The second-order valence-corrected chi connectivity index (χ2v) is 5.60. The summed E-state index contributed by atoms with van der Waals surface area (Å²) in [5, 5.41) is 0. The molecule has 1 atom stereocenters. The Hall–Kier alpha value is -1.000. The molecule has 4 rings (SSSR count). The molecule has 2 aromatic rings. The number of halogens is 2. The van der Waals surface area contributed by atoms with Gasteiger partial charge in [-0.25, -0.2) is 0 Å². The lowest BCUT2D eigenvalue weighted by Gasteiger charge is -2.36. The standard InChI is InChI=1S/C16H19N3.2ClH/c1-17-9-11-18(12-10-17)16-13-5-2-3-6-14(13)19-8-4-7-15(16)19;;/h2-8,16H,9-12H2,1H3;2*1H/p-2. The van der Waals surface area contributed by atoms with Gasteiger partial charge in [-0.15, -0.1) is 0 Å². The van der Waals surface area contributed by atoms with E-state index in [2.05, 4.69) is 64.0 Å². The first kappa shape index (κ1) is 16.4. The van der Waals surface area contributed by atoms with Crippen LogP contribution in [0, 0.1) is 0 Å². The zero-order chi connectivity index (χ0) is 12.8. The van der Waals surface area contributed by atoms with Crippen molar-refractivity contribution in [2.24, 2.45) is 0 Å². The molecule has 5 heteroatoms. The Kier molecular flexibility index (Phi) is 4.99. The van der Waals surface area contributed by atoms with Crippen LogP contribution in [0.5, 0.6) is 0 Å². The largest absolute Gasteiger partial charge is 1.00 e. The van der Waals surface area contributed by atoms with Gasteiger partial charge in [0.05, 0.1) is 11.7 Å². The van der Waals surface area contributed by atoms with E-state index in [0.29, 0.717) is 6.04 Å². The van der Waals surface area contributed by atoms with Crippen LogP contribution >= 0.6 is 0 Å². The number of nitrogens with zero attached hydrogens (tertiary/aromatic N) is 3. The molecule has 0 aliphatic carbocycles. The molecule has 0 bridgehead atoms. The predicted octanol–water partition coefficient (Wildman–Crippen LogP) is -3.86. The van der Waals surface area contributed by atoms with E-state index in [1.165, 1.54) is 30.0 Å². The number of para-hydroxylation sites is 1. The minimum atomic E-state index is 0. The lowest BCUT2D eigenvalue weighted by Crippen LogP contribution is -3.00. The van der Waals surface area contributed by atoms with Gasteiger partial charge in [0, 0.05) is 38.1 Å². The predicted molar refractivity (Wildman–Crippen MR) is 76.7 cm³/mol. The Labute approximate surface area is 138 Å². The van der Waals surface area contributed by atoms with E-state index in [9.17, 15) is 0 Å². The summed E-state index contributed by atoms with van der Waals surface area (Å²) < 4.78 is 2.35. The molecule has 3 nitrogen and oxygen atoms in total. The molecule has 1 fully saturated rings. The number of likely N-dealkylation sites (N-methyl/N-ethyl adjacent to an activating group) is 1. The number of piperazine rings is 1. The van der Waals surface area contributed by atoms with Crippen LogP contribution in [0.4, 0.5) is 0 Å². The summed E-state index contributed by atoms with van der Waals surface area (Å²) >= 11 is 0. The fourth-order valence-corrected chi connectivity index (χ4v) is 3.40. The van der Waals surface area contributed by atoms with E-state index in [1.807, 2.05) is 0 Å². The molecule has 0 N–H and O–H groups in total. The van der Waals surface area contributed by atoms with Crippen molar-refractivity contribution in [2.45, 2.75) is 6.04 Å². The van der Waals surface area contributed by atoms with Crippen LogP contribution in [-0.2, 0) is 0 Å². The third kappa shape index (κ3) is 2.59. The van der Waals surface area contributed by atoms with Crippen molar-refractivity contribution in [1.82, 2.24) is 14.4 Å². The van der Waals surface area contributed by atoms with Crippen LogP contribution in [0.3, 0.4) is 0 Å². The molecule has 0 saturated carbocycles. The van der Waals surface area contributed by atoms with Crippen LogP contribution in [-0.4, -0.2) is 47.6 Å². The fraction of sp³-hybridized carbons (Fsp3) is 0.375. The monoisotopic (exact) mass is 323 g/mol. The van der Waals surface area contributed by atoms with E-state index >= 15 is 0 Å². The van der Waals surface area contributed by atoms with E-state index in [1.54, 1.807) is 0 Å². The smallest absolute Gasteiger partial charge is 0.0781 e. The lowest BCUT2D eigenvalue weighted by atomic mass is 10.0. The van der Waals surface area contributed by atoms with Gasteiger partial charge in [0.15, 0.2) is 0 Å². The van der Waals surface area contributed by atoms with Gasteiger partial charge in [0.25, 0.3) is 0 Å². The van der Waals surface area contributed by atoms with Crippen molar-refractivity contribution in [3.05, 3.63) is 53.9 Å². The Bertz CT molecular complexity index is 603. The molecular weight excluding hydrogens is 305 g/mol. The number of fused-ring (bicyclic) bond motifs is 3. The van der Waals surface area contributed by atoms with Crippen LogP contribution in [0.1, 0.15) is 17.3 Å². The van der Waals surface area contributed by atoms with Gasteiger partial charge in [-0.1, -0.05) is 18.2 Å². The summed E-state index contributed by atoms with van der Waals surface area (Å²) in [5.74, 6) is 0. The number of hydrogen-bond donors (Lipinski definition) is 0. The van der Waals surface area contributed by atoms with Crippen LogP contribution in [0.25, 0.3) is 5.69 Å². The fourth-order valence-electron chi connectivity index (χ4n) is 3.40. The zero-order valence-electron chi connectivity index (χ0n) is 12.0. The summed E-state index contributed by atoms with van der Waals surface area (Å²) in [6.45, 7) is 4.64. The van der Waals surface area contributed by atoms with E-state index in [0.717, 1.165) is 13.1 Å². The number of aromatic nitrogens is 1. The highest BCUT2D eigenvalue weighted by Crippen LogP contribution is 2.40. The maximum atomic E-state index is 2.62. The zero-order valence-corrected chi connectivity index (χ0v) is 13.6. The SMILES string of the molecule is CN1CCN(C2c3ccccc3-n3cccc32)CC1.[Cl-].[Cl-]. The van der Waals surface area contributed by atoms with Crippen molar-refractivity contribution in [3.63, 3.8) is 0 Å². The molecule has 3 heterocycles. The maximum absolute atomic E-state index is 2.62. The average Bonchev–Trinajstić information content (AvgIpc) is 3.00. The van der Waals surface area contributed by atoms with Gasteiger partial charge >= 0.3 is 0 Å². The van der Waals surface area contributed by atoms with Gasteiger partial charge in [0.1, 0.15) is 0 Å². The highest BCUT2D eigenvalue weighted by Gasteiger charge is 2.33. The van der Waals surface area contributed by atoms with Gasteiger partial charge in [0.2, 0.25) is 0 Å². The lowest BCUT2D eigenvalue weighted by molar-refractivity contribution is -0.00100. The van der Waals surface area contributed by atoms with Crippen molar-refractivity contribution < 1.29 is 24.8 Å². The number of hydrogen-bond acceptors (Lipinski definition) is 2. The highest BCUT2D eigenvalue weighted by atomic mass is 35.5. The summed E-state index contributed by atoms with van der Waals surface area (Å²) in [6.07, 6.45) is 2.18. The summed E-state index contributed by atoms with van der Waals surface area (Å²) in [4.78, 5) is 5.04. The molecule has 1 aromatic heterocycles. The van der Waals surface area contributed by atoms with Gasteiger partial charge in [-0.2, -0.15) is 0 Å². The Morgan fingerprint density at radius 2 is 1.62 bits per heavy atom. The molecule has 1 aromatic carbocycles. The van der Waals surface area contributed by atoms with Gasteiger partial charge in [-0.05, 0) is 30.8 Å². The Balaban J connectivity index is 0.000000807. The van der Waals surface area contributed by atoms with Gasteiger partial charge in [-0.3, -0.25) is 4.90 Å². The van der Waals surface area contributed by atoms with Crippen molar-refractivity contribution in [3.8, 4) is 5.69 Å². The third-order valence-corrected chi connectivity index (χ3v) is 4.45. The first-order chi connectivity index (χ1) is 9.34. The molecule has 0 radical (unpaired) electrons. The van der Waals surface area contributed by atoms with Crippen molar-refractivity contribution in [1.29, 1.82) is 0 Å². The van der Waals surface area contributed by atoms with Crippen molar-refractivity contribution in [2.75, 3.05) is 33.2 Å². The van der Waals surface area contributed by atoms with E-state index < -0.39 is 0 Å². The topological polar surface area (TPSA) is 11.4 Å². The summed E-state index contributed by atoms with van der Waals surface area (Å²) in [6, 6.07) is 13.7. The molecule has 1 saturated heterocycles. The summed E-state index contributed by atoms with van der Waals surface area (Å²) in [7, 11) is 2.21. The number of benzene rings is 1. The molecule has 2 aliphatic heterocycles. The van der Waals surface area contributed by atoms with E-state index in [4.69, 9.17) is 0 Å². The average molecular weight is 324 g/mol. The second-order valence-electron chi connectivity index (χ2n) is 5.60. The Morgan fingerprint density at radius 1 is 0.905 bits per heavy atom. The molecular formula is C16H19Cl2N3-2. The van der Waals surface area contributed by atoms with Crippen molar-refractivity contribution >= 4 is 0 Å².